The topological polar surface area (TPSA) is 55.1 Å². The van der Waals surface area contributed by atoms with E-state index < -0.39 is 0 Å². The molecule has 0 aliphatic rings. The van der Waals surface area contributed by atoms with Gasteiger partial charge in [0.1, 0.15) is 0 Å². The highest BCUT2D eigenvalue weighted by molar-refractivity contribution is 7.80. The number of amides is 1. The first-order valence-electron chi connectivity index (χ1n) is 6.50. The molecule has 0 aromatic heterocycles. The van der Waals surface area contributed by atoms with E-state index in [1.165, 1.54) is 0 Å². The Labute approximate surface area is 117 Å². The number of nitrogens with one attached hydrogen (secondary N) is 1. The van der Waals surface area contributed by atoms with Crippen LogP contribution in [-0.2, 0) is 4.79 Å². The zero-order valence-electron chi connectivity index (χ0n) is 12.6. The molecule has 0 fully saturated rings. The third kappa shape index (κ3) is 7.64. The molecule has 0 saturated carbocycles. The summed E-state index contributed by atoms with van der Waals surface area (Å²) in [5.41, 5.74) is 5.56. The molecule has 0 aromatic rings. The van der Waals surface area contributed by atoms with Gasteiger partial charge in [0.2, 0.25) is 5.91 Å². The van der Waals surface area contributed by atoms with Crippen LogP contribution in [0.5, 0.6) is 0 Å². The summed E-state index contributed by atoms with van der Waals surface area (Å²) in [5.74, 6) is 0.467. The van der Waals surface area contributed by atoms with Crippen LogP contribution in [0, 0.1) is 16.7 Å². The van der Waals surface area contributed by atoms with Crippen molar-refractivity contribution in [2.24, 2.45) is 22.5 Å². The minimum Gasteiger partial charge on any atom is -0.393 e. The minimum absolute atomic E-state index is 0.0797. The first-order chi connectivity index (χ1) is 7.94. The molecule has 106 valence electrons. The van der Waals surface area contributed by atoms with Crippen molar-refractivity contribution >= 4 is 23.1 Å². The third-order valence-electron chi connectivity index (χ3n) is 2.89. The number of hydrogen-bond acceptors (Lipinski definition) is 2. The number of thiocarbonyl (C=S) groups is 1. The molecule has 0 radical (unpaired) electrons. The van der Waals surface area contributed by atoms with Crippen LogP contribution in [-0.4, -0.2) is 17.4 Å². The summed E-state index contributed by atoms with van der Waals surface area (Å²) in [6.07, 6.45) is 1.60. The molecule has 0 aromatic carbocycles. The molecule has 18 heavy (non-hydrogen) atoms. The lowest BCUT2D eigenvalue weighted by atomic mass is 9.84. The highest BCUT2D eigenvalue weighted by atomic mass is 32.1. The van der Waals surface area contributed by atoms with Gasteiger partial charge in [0.25, 0.3) is 0 Å². The van der Waals surface area contributed by atoms with Crippen molar-refractivity contribution in [2.45, 2.75) is 54.4 Å². The summed E-state index contributed by atoms with van der Waals surface area (Å²) < 4.78 is 0. The Kier molecular flexibility index (Phi) is 6.27. The standard InChI is InChI=1S/C14H28N2OS/c1-10(8-13(2,3)4)7-11(17)16-9-14(5,6)12(15)18/h10H,7-9H2,1-6H3,(H2,15,18)(H,16,17). The molecule has 0 heterocycles. The molecular formula is C14H28N2OS. The van der Waals surface area contributed by atoms with E-state index in [-0.39, 0.29) is 16.7 Å². The molecule has 4 heteroatoms. The maximum absolute atomic E-state index is 11.8. The van der Waals surface area contributed by atoms with Crippen LogP contribution >= 0.6 is 12.2 Å². The summed E-state index contributed by atoms with van der Waals surface area (Å²) in [6, 6.07) is 0. The molecule has 1 atom stereocenters. The van der Waals surface area contributed by atoms with Crippen molar-refractivity contribution in [2.75, 3.05) is 6.54 Å². The zero-order chi connectivity index (χ0) is 14.6. The molecule has 3 N–H and O–H groups in total. The molecule has 0 saturated heterocycles. The summed E-state index contributed by atoms with van der Waals surface area (Å²) in [7, 11) is 0. The second-order valence-electron chi connectivity index (χ2n) is 7.10. The van der Waals surface area contributed by atoms with Crippen LogP contribution < -0.4 is 11.1 Å². The second-order valence-corrected chi connectivity index (χ2v) is 7.54. The first kappa shape index (κ1) is 17.4. The lowest BCUT2D eigenvalue weighted by Crippen LogP contribution is -2.41. The van der Waals surface area contributed by atoms with Crippen LogP contribution in [0.3, 0.4) is 0 Å². The van der Waals surface area contributed by atoms with Gasteiger partial charge in [-0.25, -0.2) is 0 Å². The van der Waals surface area contributed by atoms with Crippen molar-refractivity contribution in [1.82, 2.24) is 5.32 Å². The maximum atomic E-state index is 11.8. The largest absolute Gasteiger partial charge is 0.393 e. The van der Waals surface area contributed by atoms with Crippen molar-refractivity contribution in [3.63, 3.8) is 0 Å². The lowest BCUT2D eigenvalue weighted by molar-refractivity contribution is -0.122. The summed E-state index contributed by atoms with van der Waals surface area (Å²) in [5, 5.41) is 2.91. The first-order valence-corrected chi connectivity index (χ1v) is 6.91. The van der Waals surface area contributed by atoms with Gasteiger partial charge in [0.15, 0.2) is 0 Å². The van der Waals surface area contributed by atoms with Crippen LogP contribution in [0.4, 0.5) is 0 Å². The molecule has 1 amide bonds. The molecule has 1 unspecified atom stereocenters. The fourth-order valence-electron chi connectivity index (χ4n) is 1.91. The van der Waals surface area contributed by atoms with E-state index in [0.29, 0.717) is 23.9 Å². The number of rotatable bonds is 6. The SMILES string of the molecule is CC(CC(=O)NCC(C)(C)C(N)=S)CC(C)(C)C. The number of carbonyl (C=O) groups excluding carboxylic acids is 1. The predicted octanol–water partition coefficient (Wildman–Crippen LogP) is 2.88. The molecule has 0 rings (SSSR count). The van der Waals surface area contributed by atoms with Gasteiger partial charge in [-0.1, -0.05) is 53.8 Å². The number of hydrogen-bond donors (Lipinski definition) is 2. The zero-order valence-corrected chi connectivity index (χ0v) is 13.4. The summed E-state index contributed by atoms with van der Waals surface area (Å²) in [6.45, 7) is 13.1. The Morgan fingerprint density at radius 3 is 2.17 bits per heavy atom. The van der Waals surface area contributed by atoms with E-state index in [1.807, 2.05) is 13.8 Å². The molecule has 0 aliphatic carbocycles. The highest BCUT2D eigenvalue weighted by Crippen LogP contribution is 2.25. The Hall–Kier alpha value is -0.640. The Bertz CT molecular complexity index is 305. The van der Waals surface area contributed by atoms with Crippen molar-refractivity contribution < 1.29 is 4.79 Å². The normalized spacial score (nSPS) is 14.1. The lowest BCUT2D eigenvalue weighted by Gasteiger charge is -2.25. The van der Waals surface area contributed by atoms with Gasteiger partial charge in [-0.3, -0.25) is 4.79 Å². The molecular weight excluding hydrogens is 244 g/mol. The van der Waals surface area contributed by atoms with E-state index in [0.717, 1.165) is 6.42 Å². The molecule has 0 bridgehead atoms. The van der Waals surface area contributed by atoms with Crippen molar-refractivity contribution in [3.05, 3.63) is 0 Å². The van der Waals surface area contributed by atoms with Crippen molar-refractivity contribution in [3.8, 4) is 0 Å². The highest BCUT2D eigenvalue weighted by Gasteiger charge is 2.23. The Morgan fingerprint density at radius 2 is 1.78 bits per heavy atom. The molecule has 0 spiro atoms. The van der Waals surface area contributed by atoms with Crippen LogP contribution in [0.2, 0.25) is 0 Å². The van der Waals surface area contributed by atoms with Crippen LogP contribution in [0.1, 0.15) is 54.4 Å². The van der Waals surface area contributed by atoms with Gasteiger partial charge in [0.05, 0.1) is 4.99 Å². The summed E-state index contributed by atoms with van der Waals surface area (Å²) in [4.78, 5) is 12.2. The molecule has 3 nitrogen and oxygen atoms in total. The fraction of sp³-hybridized carbons (Fsp3) is 0.857. The minimum atomic E-state index is -0.321. The average molecular weight is 272 g/mol. The Morgan fingerprint density at radius 1 is 1.28 bits per heavy atom. The van der Waals surface area contributed by atoms with Gasteiger partial charge in [0, 0.05) is 18.4 Å². The predicted molar refractivity (Wildman–Crippen MR) is 81.4 cm³/mol. The van der Waals surface area contributed by atoms with Crippen molar-refractivity contribution in [1.29, 1.82) is 0 Å². The third-order valence-corrected chi connectivity index (χ3v) is 3.44. The molecule has 0 aliphatic heterocycles. The number of carbonyl (C=O) groups is 1. The van der Waals surface area contributed by atoms with E-state index in [1.54, 1.807) is 0 Å². The van der Waals surface area contributed by atoms with Crippen LogP contribution in [0.25, 0.3) is 0 Å². The van der Waals surface area contributed by atoms with Crippen LogP contribution in [0.15, 0.2) is 0 Å². The summed E-state index contributed by atoms with van der Waals surface area (Å²) >= 11 is 4.97. The second kappa shape index (κ2) is 6.50. The quantitative estimate of drug-likeness (QED) is 0.731. The van der Waals surface area contributed by atoms with Gasteiger partial charge in [-0.2, -0.15) is 0 Å². The monoisotopic (exact) mass is 272 g/mol. The fourth-order valence-corrected chi connectivity index (χ4v) is 1.99. The van der Waals surface area contributed by atoms with Gasteiger partial charge < -0.3 is 11.1 Å². The van der Waals surface area contributed by atoms with Gasteiger partial charge in [-0.15, -0.1) is 0 Å². The van der Waals surface area contributed by atoms with E-state index in [4.69, 9.17) is 18.0 Å². The number of nitrogens with two attached hydrogens (primary N) is 1. The van der Waals surface area contributed by atoms with Gasteiger partial charge in [-0.05, 0) is 17.8 Å². The van der Waals surface area contributed by atoms with E-state index >= 15 is 0 Å². The van der Waals surface area contributed by atoms with E-state index in [2.05, 4.69) is 33.0 Å². The maximum Gasteiger partial charge on any atom is 0.220 e. The van der Waals surface area contributed by atoms with E-state index in [9.17, 15) is 4.79 Å². The average Bonchev–Trinajstić information content (AvgIpc) is 2.11. The smallest absolute Gasteiger partial charge is 0.220 e. The Balaban J connectivity index is 4.10. The van der Waals surface area contributed by atoms with Gasteiger partial charge >= 0.3 is 0 Å².